The molecule has 3 nitrogen and oxygen atoms in total. The minimum Gasteiger partial charge on any atom is -0.357 e. The van der Waals surface area contributed by atoms with Crippen LogP contribution in [0.25, 0.3) is 0 Å². The van der Waals surface area contributed by atoms with Crippen LogP contribution in [0.2, 0.25) is 0 Å². The van der Waals surface area contributed by atoms with E-state index in [4.69, 9.17) is 0 Å². The summed E-state index contributed by atoms with van der Waals surface area (Å²) in [6.07, 6.45) is 5.61. The first kappa shape index (κ1) is 12.3. The second-order valence-electron chi connectivity index (χ2n) is 5.48. The van der Waals surface area contributed by atoms with Gasteiger partial charge in [0.25, 0.3) is 0 Å². The Labute approximate surface area is 104 Å². The molecule has 1 unspecified atom stereocenters. The highest BCUT2D eigenvalue weighted by atomic mass is 15.2. The van der Waals surface area contributed by atoms with Crippen LogP contribution in [0.1, 0.15) is 51.6 Å². The highest BCUT2D eigenvalue weighted by Gasteiger charge is 2.15. The van der Waals surface area contributed by atoms with Crippen LogP contribution < -0.4 is 4.90 Å². The minimum absolute atomic E-state index is 0.475. The Morgan fingerprint density at radius 3 is 2.82 bits per heavy atom. The number of hydrogen-bond donors (Lipinski definition) is 0. The van der Waals surface area contributed by atoms with Gasteiger partial charge in [-0.1, -0.05) is 20.8 Å². The molecular formula is C14H23N3. The third-order valence-corrected chi connectivity index (χ3v) is 3.61. The lowest BCUT2D eigenvalue weighted by Crippen LogP contribution is -2.25. The third-order valence-electron chi connectivity index (χ3n) is 3.61. The Morgan fingerprint density at radius 1 is 1.24 bits per heavy atom. The normalized spacial score (nSPS) is 21.6. The first-order valence-electron chi connectivity index (χ1n) is 6.73. The number of rotatable bonds is 2. The average molecular weight is 233 g/mol. The zero-order chi connectivity index (χ0) is 12.3. The standard InChI is InChI=1S/C14H23N3/c1-11(2)13-9-14(16-10-15-13)17-7-4-5-12(3)6-8-17/h9-12H,4-8H2,1-3H3. The van der Waals surface area contributed by atoms with Crippen molar-refractivity contribution >= 4 is 5.82 Å². The summed E-state index contributed by atoms with van der Waals surface area (Å²) in [6, 6.07) is 2.15. The fourth-order valence-electron chi connectivity index (χ4n) is 2.34. The van der Waals surface area contributed by atoms with E-state index in [1.54, 1.807) is 6.33 Å². The summed E-state index contributed by atoms with van der Waals surface area (Å²) in [6.45, 7) is 8.98. The molecule has 0 radical (unpaired) electrons. The molecule has 94 valence electrons. The molecule has 2 rings (SSSR count). The first-order valence-corrected chi connectivity index (χ1v) is 6.73. The van der Waals surface area contributed by atoms with Gasteiger partial charge in [0.2, 0.25) is 0 Å². The van der Waals surface area contributed by atoms with Gasteiger partial charge in [0.1, 0.15) is 12.1 Å². The molecule has 1 aromatic rings. The van der Waals surface area contributed by atoms with E-state index in [0.29, 0.717) is 5.92 Å². The van der Waals surface area contributed by atoms with Gasteiger partial charge in [-0.25, -0.2) is 9.97 Å². The summed E-state index contributed by atoms with van der Waals surface area (Å²) >= 11 is 0. The molecule has 17 heavy (non-hydrogen) atoms. The Bertz CT molecular complexity index is 362. The molecule has 1 aromatic heterocycles. The van der Waals surface area contributed by atoms with Gasteiger partial charge in [-0.15, -0.1) is 0 Å². The maximum atomic E-state index is 4.43. The Hall–Kier alpha value is -1.12. The molecule has 3 heteroatoms. The molecule has 0 saturated carbocycles. The molecule has 1 aliphatic heterocycles. The largest absolute Gasteiger partial charge is 0.357 e. The minimum atomic E-state index is 0.475. The van der Waals surface area contributed by atoms with Gasteiger partial charge in [0, 0.05) is 24.8 Å². The lowest BCUT2D eigenvalue weighted by Gasteiger charge is -2.22. The van der Waals surface area contributed by atoms with Crippen LogP contribution in [0.3, 0.4) is 0 Å². The second-order valence-corrected chi connectivity index (χ2v) is 5.48. The predicted octanol–water partition coefficient (Wildman–Crippen LogP) is 3.23. The van der Waals surface area contributed by atoms with E-state index >= 15 is 0 Å². The Kier molecular flexibility index (Phi) is 3.97. The van der Waals surface area contributed by atoms with Gasteiger partial charge in [0.05, 0.1) is 0 Å². The van der Waals surface area contributed by atoms with Crippen molar-refractivity contribution < 1.29 is 0 Å². The van der Waals surface area contributed by atoms with Crippen molar-refractivity contribution in [3.63, 3.8) is 0 Å². The van der Waals surface area contributed by atoms with Crippen molar-refractivity contribution in [2.75, 3.05) is 18.0 Å². The lowest BCUT2D eigenvalue weighted by molar-refractivity contribution is 0.521. The van der Waals surface area contributed by atoms with Gasteiger partial charge < -0.3 is 4.90 Å². The summed E-state index contributed by atoms with van der Waals surface area (Å²) < 4.78 is 0. The van der Waals surface area contributed by atoms with Crippen LogP contribution in [0.5, 0.6) is 0 Å². The quantitative estimate of drug-likeness (QED) is 0.785. The number of nitrogens with zero attached hydrogens (tertiary/aromatic N) is 3. The summed E-state index contributed by atoms with van der Waals surface area (Å²) in [5, 5.41) is 0. The van der Waals surface area contributed by atoms with Gasteiger partial charge in [-0.05, 0) is 31.1 Å². The van der Waals surface area contributed by atoms with Crippen LogP contribution in [0, 0.1) is 5.92 Å². The Balaban J connectivity index is 2.13. The van der Waals surface area contributed by atoms with Crippen LogP contribution >= 0.6 is 0 Å². The van der Waals surface area contributed by atoms with E-state index in [2.05, 4.69) is 41.7 Å². The Morgan fingerprint density at radius 2 is 2.06 bits per heavy atom. The molecular weight excluding hydrogens is 210 g/mol. The van der Waals surface area contributed by atoms with Gasteiger partial charge in [-0.2, -0.15) is 0 Å². The van der Waals surface area contributed by atoms with E-state index < -0.39 is 0 Å². The fourth-order valence-corrected chi connectivity index (χ4v) is 2.34. The maximum absolute atomic E-state index is 4.43. The average Bonchev–Trinajstić information content (AvgIpc) is 2.54. The van der Waals surface area contributed by atoms with Crippen molar-refractivity contribution in [2.24, 2.45) is 5.92 Å². The van der Waals surface area contributed by atoms with Crippen molar-refractivity contribution in [2.45, 2.75) is 46.0 Å². The van der Waals surface area contributed by atoms with E-state index in [1.807, 2.05) is 0 Å². The molecule has 1 atom stereocenters. The molecule has 0 bridgehead atoms. The molecule has 0 aromatic carbocycles. The maximum Gasteiger partial charge on any atom is 0.132 e. The SMILES string of the molecule is CC1CCCN(c2cc(C(C)C)ncn2)CC1. The van der Waals surface area contributed by atoms with Crippen LogP contribution in [0.4, 0.5) is 5.82 Å². The second kappa shape index (κ2) is 5.48. The summed E-state index contributed by atoms with van der Waals surface area (Å²) in [4.78, 5) is 11.2. The van der Waals surface area contributed by atoms with Gasteiger partial charge in [-0.3, -0.25) is 0 Å². The van der Waals surface area contributed by atoms with Crippen molar-refractivity contribution in [3.8, 4) is 0 Å². The van der Waals surface area contributed by atoms with E-state index in [-0.39, 0.29) is 0 Å². The number of hydrogen-bond acceptors (Lipinski definition) is 3. The highest BCUT2D eigenvalue weighted by Crippen LogP contribution is 2.22. The molecule has 2 heterocycles. The molecule has 1 saturated heterocycles. The number of aromatic nitrogens is 2. The highest BCUT2D eigenvalue weighted by molar-refractivity contribution is 5.39. The predicted molar refractivity (Wildman–Crippen MR) is 71.3 cm³/mol. The fraction of sp³-hybridized carbons (Fsp3) is 0.714. The third kappa shape index (κ3) is 3.18. The first-order chi connectivity index (χ1) is 8.16. The van der Waals surface area contributed by atoms with Crippen molar-refractivity contribution in [1.29, 1.82) is 0 Å². The molecule has 0 amide bonds. The molecule has 0 spiro atoms. The van der Waals surface area contributed by atoms with Crippen molar-refractivity contribution in [3.05, 3.63) is 18.1 Å². The molecule has 1 aliphatic rings. The zero-order valence-electron chi connectivity index (χ0n) is 11.2. The summed E-state index contributed by atoms with van der Waals surface area (Å²) in [5.74, 6) is 2.44. The van der Waals surface area contributed by atoms with E-state index in [1.165, 1.54) is 19.3 Å². The number of anilines is 1. The topological polar surface area (TPSA) is 29.0 Å². The van der Waals surface area contributed by atoms with Crippen LogP contribution in [-0.4, -0.2) is 23.1 Å². The zero-order valence-corrected chi connectivity index (χ0v) is 11.2. The van der Waals surface area contributed by atoms with Crippen LogP contribution in [0.15, 0.2) is 12.4 Å². The molecule has 0 N–H and O–H groups in total. The van der Waals surface area contributed by atoms with Gasteiger partial charge in [0.15, 0.2) is 0 Å². The lowest BCUT2D eigenvalue weighted by atomic mass is 10.0. The van der Waals surface area contributed by atoms with E-state index in [0.717, 1.165) is 30.5 Å². The van der Waals surface area contributed by atoms with Gasteiger partial charge >= 0.3 is 0 Å². The molecule has 0 aliphatic carbocycles. The monoisotopic (exact) mass is 233 g/mol. The molecule has 1 fully saturated rings. The summed E-state index contributed by atoms with van der Waals surface area (Å²) in [5.41, 5.74) is 1.15. The van der Waals surface area contributed by atoms with E-state index in [9.17, 15) is 0 Å². The van der Waals surface area contributed by atoms with Crippen LogP contribution in [-0.2, 0) is 0 Å². The van der Waals surface area contributed by atoms with Crippen molar-refractivity contribution in [1.82, 2.24) is 9.97 Å². The summed E-state index contributed by atoms with van der Waals surface area (Å²) in [7, 11) is 0. The smallest absolute Gasteiger partial charge is 0.132 e.